The molecule has 0 aliphatic heterocycles. The fourth-order valence-electron chi connectivity index (χ4n) is 3.17. The molecule has 1 heterocycles. The largest absolute Gasteiger partial charge is 0.497 e. The first-order valence-electron chi connectivity index (χ1n) is 10.5. The normalized spacial score (nSPS) is 11.3. The number of thioether (sulfide) groups is 1. The number of oxazole rings is 1. The van der Waals surface area contributed by atoms with E-state index in [4.69, 9.17) is 13.9 Å². The standard InChI is InChI=1S/C24H23N3O6S2/c1-31-17-9-7-16(8-10-17)14-25-23(28)15-34-24-26-20-13-18(11-12-22(20)33-24)35(29,30)27-19-5-3-4-6-21(19)32-2/h3-13,27H,14-15H2,1-2H3,(H,25,28). The number of anilines is 1. The summed E-state index contributed by atoms with van der Waals surface area (Å²) in [5.74, 6) is 1.07. The first-order valence-corrected chi connectivity index (χ1v) is 12.9. The fraction of sp³-hybridized carbons (Fsp3) is 0.167. The summed E-state index contributed by atoms with van der Waals surface area (Å²) in [7, 11) is -0.821. The predicted octanol–water partition coefficient (Wildman–Crippen LogP) is 4.05. The number of para-hydroxylation sites is 2. The molecular weight excluding hydrogens is 490 g/mol. The molecule has 1 amide bonds. The second-order valence-corrected chi connectivity index (χ2v) is 9.94. The van der Waals surface area contributed by atoms with Crippen molar-refractivity contribution in [3.05, 3.63) is 72.3 Å². The van der Waals surface area contributed by atoms with Gasteiger partial charge in [0.1, 0.15) is 17.0 Å². The quantitative estimate of drug-likeness (QED) is 0.305. The van der Waals surface area contributed by atoms with Crippen LogP contribution in [0.1, 0.15) is 5.56 Å². The van der Waals surface area contributed by atoms with Crippen molar-refractivity contribution in [1.82, 2.24) is 10.3 Å². The number of hydrogen-bond donors (Lipinski definition) is 2. The molecule has 9 nitrogen and oxygen atoms in total. The molecule has 0 atom stereocenters. The van der Waals surface area contributed by atoms with Crippen molar-refractivity contribution in [2.45, 2.75) is 16.7 Å². The number of carbonyl (C=O) groups is 1. The van der Waals surface area contributed by atoms with E-state index in [-0.39, 0.29) is 21.8 Å². The van der Waals surface area contributed by atoms with Crippen molar-refractivity contribution in [1.29, 1.82) is 0 Å². The zero-order chi connectivity index (χ0) is 24.8. The van der Waals surface area contributed by atoms with E-state index in [1.165, 1.54) is 25.3 Å². The number of aromatic nitrogens is 1. The highest BCUT2D eigenvalue weighted by Crippen LogP contribution is 2.29. The van der Waals surface area contributed by atoms with Gasteiger partial charge in [-0.15, -0.1) is 0 Å². The van der Waals surface area contributed by atoms with E-state index >= 15 is 0 Å². The molecular formula is C24H23N3O6S2. The van der Waals surface area contributed by atoms with Crippen LogP contribution in [0.4, 0.5) is 5.69 Å². The lowest BCUT2D eigenvalue weighted by Gasteiger charge is -2.11. The Morgan fingerprint density at radius 3 is 2.54 bits per heavy atom. The second kappa shape index (κ2) is 10.7. The summed E-state index contributed by atoms with van der Waals surface area (Å²) in [4.78, 5) is 16.6. The van der Waals surface area contributed by atoms with E-state index in [1.54, 1.807) is 31.4 Å². The van der Waals surface area contributed by atoms with Gasteiger partial charge in [0.25, 0.3) is 15.2 Å². The maximum absolute atomic E-state index is 12.9. The van der Waals surface area contributed by atoms with Gasteiger partial charge in [-0.3, -0.25) is 9.52 Å². The summed E-state index contributed by atoms with van der Waals surface area (Å²) < 4.78 is 44.2. The minimum atomic E-state index is -3.88. The number of methoxy groups -OCH3 is 2. The SMILES string of the molecule is COc1ccc(CNC(=O)CSc2nc3cc(S(=O)(=O)Nc4ccccc4OC)ccc3o2)cc1. The molecule has 0 saturated carbocycles. The van der Waals surface area contributed by atoms with Crippen LogP contribution in [0.5, 0.6) is 11.5 Å². The van der Waals surface area contributed by atoms with E-state index in [9.17, 15) is 13.2 Å². The molecule has 4 aromatic rings. The van der Waals surface area contributed by atoms with Gasteiger partial charge in [-0.25, -0.2) is 13.4 Å². The molecule has 3 aromatic carbocycles. The number of benzene rings is 3. The molecule has 0 unspecified atom stereocenters. The number of rotatable bonds is 10. The summed E-state index contributed by atoms with van der Waals surface area (Å²) in [6.45, 7) is 0.386. The van der Waals surface area contributed by atoms with Gasteiger partial charge >= 0.3 is 0 Å². The highest BCUT2D eigenvalue weighted by molar-refractivity contribution is 7.99. The molecule has 2 N–H and O–H groups in total. The molecule has 0 bridgehead atoms. The van der Waals surface area contributed by atoms with Gasteiger partial charge in [0.2, 0.25) is 5.91 Å². The Kier molecular flexibility index (Phi) is 7.47. The van der Waals surface area contributed by atoms with Crippen LogP contribution in [-0.4, -0.2) is 39.3 Å². The molecule has 35 heavy (non-hydrogen) atoms. The van der Waals surface area contributed by atoms with Crippen molar-refractivity contribution in [2.24, 2.45) is 0 Å². The Morgan fingerprint density at radius 1 is 1.03 bits per heavy atom. The molecule has 0 aliphatic carbocycles. The molecule has 0 spiro atoms. The van der Waals surface area contributed by atoms with Crippen molar-refractivity contribution in [2.75, 3.05) is 24.7 Å². The number of nitrogens with one attached hydrogen (secondary N) is 2. The van der Waals surface area contributed by atoms with E-state index in [2.05, 4.69) is 15.0 Å². The molecule has 0 aliphatic rings. The number of hydrogen-bond acceptors (Lipinski definition) is 8. The lowest BCUT2D eigenvalue weighted by Crippen LogP contribution is -2.24. The van der Waals surface area contributed by atoms with E-state index in [0.717, 1.165) is 23.1 Å². The lowest BCUT2D eigenvalue weighted by molar-refractivity contribution is -0.118. The Balaban J connectivity index is 1.38. The highest BCUT2D eigenvalue weighted by Gasteiger charge is 2.19. The van der Waals surface area contributed by atoms with Gasteiger partial charge in [0.15, 0.2) is 5.58 Å². The van der Waals surface area contributed by atoms with E-state index in [0.29, 0.717) is 29.1 Å². The van der Waals surface area contributed by atoms with E-state index in [1.807, 2.05) is 24.3 Å². The van der Waals surface area contributed by atoms with Crippen molar-refractivity contribution < 1.29 is 27.1 Å². The van der Waals surface area contributed by atoms with Crippen LogP contribution in [0.2, 0.25) is 0 Å². The average molecular weight is 514 g/mol. The second-order valence-electron chi connectivity index (χ2n) is 7.33. The van der Waals surface area contributed by atoms with Crippen molar-refractivity contribution in [3.63, 3.8) is 0 Å². The number of fused-ring (bicyclic) bond motifs is 1. The first-order chi connectivity index (χ1) is 16.9. The summed E-state index contributed by atoms with van der Waals surface area (Å²) >= 11 is 1.12. The number of carbonyl (C=O) groups excluding carboxylic acids is 1. The van der Waals surface area contributed by atoms with Crippen LogP contribution in [0.25, 0.3) is 11.1 Å². The number of sulfonamides is 1. The van der Waals surface area contributed by atoms with Gasteiger partial charge in [0.05, 0.1) is 30.6 Å². The van der Waals surface area contributed by atoms with Crippen LogP contribution < -0.4 is 19.5 Å². The van der Waals surface area contributed by atoms with Gasteiger partial charge in [-0.05, 0) is 48.0 Å². The zero-order valence-electron chi connectivity index (χ0n) is 19.0. The topological polar surface area (TPSA) is 120 Å². The predicted molar refractivity (Wildman–Crippen MR) is 133 cm³/mol. The minimum absolute atomic E-state index is 0.0259. The number of amides is 1. The Bertz CT molecular complexity index is 1440. The van der Waals surface area contributed by atoms with Gasteiger partial charge in [-0.1, -0.05) is 36.0 Å². The Hall–Kier alpha value is -3.70. The summed E-state index contributed by atoms with van der Waals surface area (Å²) in [5, 5.41) is 3.10. The van der Waals surface area contributed by atoms with Crippen LogP contribution >= 0.6 is 11.8 Å². The molecule has 0 fully saturated rings. The smallest absolute Gasteiger partial charge is 0.262 e. The fourth-order valence-corrected chi connectivity index (χ4v) is 4.93. The summed E-state index contributed by atoms with van der Waals surface area (Å²) in [6, 6.07) is 18.5. The van der Waals surface area contributed by atoms with E-state index < -0.39 is 10.0 Å². The van der Waals surface area contributed by atoms with Crippen LogP contribution in [0, 0.1) is 0 Å². The molecule has 11 heteroatoms. The maximum Gasteiger partial charge on any atom is 0.262 e. The third kappa shape index (κ3) is 6.06. The minimum Gasteiger partial charge on any atom is -0.497 e. The van der Waals surface area contributed by atoms with Crippen molar-refractivity contribution in [3.8, 4) is 11.5 Å². The van der Waals surface area contributed by atoms with Gasteiger partial charge in [-0.2, -0.15) is 0 Å². The van der Waals surface area contributed by atoms with Crippen LogP contribution in [-0.2, 0) is 21.4 Å². The number of nitrogens with zero attached hydrogens (tertiary/aromatic N) is 1. The summed E-state index contributed by atoms with van der Waals surface area (Å²) in [5.41, 5.74) is 2.06. The Morgan fingerprint density at radius 2 is 1.80 bits per heavy atom. The van der Waals surface area contributed by atoms with Crippen molar-refractivity contribution >= 4 is 44.5 Å². The third-order valence-electron chi connectivity index (χ3n) is 4.98. The molecule has 4 rings (SSSR count). The highest BCUT2D eigenvalue weighted by atomic mass is 32.2. The number of ether oxygens (including phenoxy) is 2. The van der Waals surface area contributed by atoms with Gasteiger partial charge in [0, 0.05) is 6.54 Å². The molecule has 0 radical (unpaired) electrons. The molecule has 182 valence electrons. The first kappa shape index (κ1) is 24.4. The molecule has 1 aromatic heterocycles. The maximum atomic E-state index is 12.9. The average Bonchev–Trinajstić information content (AvgIpc) is 3.29. The Labute approximate surface area is 206 Å². The van der Waals surface area contributed by atoms with Crippen LogP contribution in [0.3, 0.4) is 0 Å². The summed E-state index contributed by atoms with van der Waals surface area (Å²) in [6.07, 6.45) is 0. The lowest BCUT2D eigenvalue weighted by atomic mass is 10.2. The van der Waals surface area contributed by atoms with Crippen LogP contribution in [0.15, 0.2) is 81.3 Å². The monoisotopic (exact) mass is 513 g/mol. The zero-order valence-corrected chi connectivity index (χ0v) is 20.6. The third-order valence-corrected chi connectivity index (χ3v) is 7.17. The molecule has 0 saturated heterocycles. The van der Waals surface area contributed by atoms with Gasteiger partial charge < -0.3 is 19.2 Å².